The number of hydrogen-bond acceptors (Lipinski definition) is 3. The number of primary amides is 1. The average Bonchev–Trinajstić information content (AvgIpc) is 2.79. The van der Waals surface area contributed by atoms with E-state index in [-0.39, 0.29) is 5.91 Å². The Kier molecular flexibility index (Phi) is 5.54. The maximum Gasteiger partial charge on any atom is 0.224 e. The highest BCUT2D eigenvalue weighted by Gasteiger charge is 2.24. The van der Waals surface area contributed by atoms with Crippen molar-refractivity contribution in [2.45, 2.75) is 53.1 Å². The van der Waals surface area contributed by atoms with E-state index < -0.39 is 5.41 Å². The van der Waals surface area contributed by atoms with Gasteiger partial charge in [0.15, 0.2) is 0 Å². The maximum atomic E-state index is 11.2. The van der Waals surface area contributed by atoms with Gasteiger partial charge in [-0.15, -0.1) is 0 Å². The standard InChI is InChI=1S/C14H26N4O/c1-5-12(6-2)18-8-7-11(17-18)9-16-10-14(3,4)13(15)19/h7-8,12,16H,5-6,9-10H2,1-4H3,(H2,15,19). The second kappa shape index (κ2) is 6.70. The molecule has 0 fully saturated rings. The Morgan fingerprint density at radius 3 is 2.63 bits per heavy atom. The molecule has 5 heteroatoms. The van der Waals surface area contributed by atoms with Crippen LogP contribution in [0.2, 0.25) is 0 Å². The molecule has 0 bridgehead atoms. The van der Waals surface area contributed by atoms with E-state index in [0.717, 1.165) is 18.5 Å². The molecule has 0 spiro atoms. The van der Waals surface area contributed by atoms with Gasteiger partial charge in [-0.1, -0.05) is 13.8 Å². The van der Waals surface area contributed by atoms with Gasteiger partial charge in [-0.2, -0.15) is 5.10 Å². The lowest BCUT2D eigenvalue weighted by molar-refractivity contribution is -0.125. The van der Waals surface area contributed by atoms with Gasteiger partial charge in [-0.05, 0) is 32.8 Å². The monoisotopic (exact) mass is 266 g/mol. The minimum atomic E-state index is -0.530. The highest BCUT2D eigenvalue weighted by atomic mass is 16.1. The van der Waals surface area contributed by atoms with Gasteiger partial charge in [0, 0.05) is 19.3 Å². The Balaban J connectivity index is 2.49. The van der Waals surface area contributed by atoms with Crippen LogP contribution in [0.4, 0.5) is 0 Å². The molecule has 3 N–H and O–H groups in total. The van der Waals surface area contributed by atoms with Crippen LogP contribution in [0.25, 0.3) is 0 Å². The summed E-state index contributed by atoms with van der Waals surface area (Å²) in [6.45, 7) is 9.23. The molecule has 1 rings (SSSR count). The van der Waals surface area contributed by atoms with E-state index in [1.165, 1.54) is 0 Å². The van der Waals surface area contributed by atoms with Gasteiger partial charge in [0.2, 0.25) is 5.91 Å². The summed E-state index contributed by atoms with van der Waals surface area (Å²) in [4.78, 5) is 11.2. The second-order valence-electron chi connectivity index (χ2n) is 5.61. The lowest BCUT2D eigenvalue weighted by Gasteiger charge is -2.20. The molecule has 0 unspecified atom stereocenters. The lowest BCUT2D eigenvalue weighted by Crippen LogP contribution is -2.40. The number of hydrogen-bond donors (Lipinski definition) is 2. The SMILES string of the molecule is CCC(CC)n1ccc(CNCC(C)(C)C(N)=O)n1. The van der Waals surface area contributed by atoms with Crippen LogP contribution in [-0.2, 0) is 11.3 Å². The summed E-state index contributed by atoms with van der Waals surface area (Å²) in [5.41, 5.74) is 5.79. The molecule has 1 aromatic rings. The normalized spacial score (nSPS) is 12.1. The number of nitrogens with two attached hydrogens (primary N) is 1. The van der Waals surface area contributed by atoms with Crippen LogP contribution in [0, 0.1) is 5.41 Å². The van der Waals surface area contributed by atoms with E-state index in [9.17, 15) is 4.79 Å². The smallest absolute Gasteiger partial charge is 0.224 e. The van der Waals surface area contributed by atoms with Crippen molar-refractivity contribution in [2.75, 3.05) is 6.54 Å². The molecular weight excluding hydrogens is 240 g/mol. The van der Waals surface area contributed by atoms with E-state index >= 15 is 0 Å². The van der Waals surface area contributed by atoms with Crippen molar-refractivity contribution in [1.82, 2.24) is 15.1 Å². The Morgan fingerprint density at radius 2 is 2.11 bits per heavy atom. The van der Waals surface area contributed by atoms with Crippen molar-refractivity contribution >= 4 is 5.91 Å². The molecule has 0 saturated heterocycles. The molecule has 0 aliphatic carbocycles. The molecule has 0 aliphatic heterocycles. The van der Waals surface area contributed by atoms with Crippen molar-refractivity contribution < 1.29 is 4.79 Å². The average molecular weight is 266 g/mol. The van der Waals surface area contributed by atoms with Gasteiger partial charge in [0.05, 0.1) is 17.2 Å². The van der Waals surface area contributed by atoms with Gasteiger partial charge >= 0.3 is 0 Å². The van der Waals surface area contributed by atoms with Gasteiger partial charge in [-0.3, -0.25) is 9.48 Å². The molecule has 19 heavy (non-hydrogen) atoms. The molecule has 108 valence electrons. The van der Waals surface area contributed by atoms with Crippen LogP contribution in [0.3, 0.4) is 0 Å². The number of amides is 1. The van der Waals surface area contributed by atoms with Gasteiger partial charge in [0.25, 0.3) is 0 Å². The van der Waals surface area contributed by atoms with E-state index in [0.29, 0.717) is 19.1 Å². The van der Waals surface area contributed by atoms with Crippen LogP contribution >= 0.6 is 0 Å². The third kappa shape index (κ3) is 4.35. The quantitative estimate of drug-likeness (QED) is 0.754. The van der Waals surface area contributed by atoms with Crippen LogP contribution in [0.5, 0.6) is 0 Å². The first-order valence-electron chi connectivity index (χ1n) is 6.95. The predicted molar refractivity (Wildman–Crippen MR) is 76.5 cm³/mol. The minimum Gasteiger partial charge on any atom is -0.369 e. The molecule has 0 atom stereocenters. The van der Waals surface area contributed by atoms with Gasteiger partial charge in [0.1, 0.15) is 0 Å². The molecule has 1 aromatic heterocycles. The first kappa shape index (κ1) is 15.7. The number of carbonyl (C=O) groups is 1. The first-order chi connectivity index (χ1) is 8.90. The van der Waals surface area contributed by atoms with Crippen molar-refractivity contribution in [1.29, 1.82) is 0 Å². The zero-order valence-electron chi connectivity index (χ0n) is 12.4. The number of aromatic nitrogens is 2. The highest BCUT2D eigenvalue weighted by Crippen LogP contribution is 2.15. The van der Waals surface area contributed by atoms with Crippen LogP contribution in [-0.4, -0.2) is 22.2 Å². The zero-order chi connectivity index (χ0) is 14.5. The Hall–Kier alpha value is -1.36. The third-order valence-corrected chi connectivity index (χ3v) is 3.52. The number of nitrogens with one attached hydrogen (secondary N) is 1. The van der Waals surface area contributed by atoms with Crippen molar-refractivity contribution in [3.8, 4) is 0 Å². The highest BCUT2D eigenvalue weighted by molar-refractivity contribution is 5.80. The molecule has 1 amide bonds. The fourth-order valence-corrected chi connectivity index (χ4v) is 1.93. The summed E-state index contributed by atoms with van der Waals surface area (Å²) in [6.07, 6.45) is 4.19. The summed E-state index contributed by atoms with van der Waals surface area (Å²) >= 11 is 0. The summed E-state index contributed by atoms with van der Waals surface area (Å²) in [5, 5.41) is 7.79. The molecule has 0 aromatic carbocycles. The van der Waals surface area contributed by atoms with Crippen molar-refractivity contribution in [3.63, 3.8) is 0 Å². The number of nitrogens with zero attached hydrogens (tertiary/aromatic N) is 2. The summed E-state index contributed by atoms with van der Waals surface area (Å²) in [6, 6.07) is 2.48. The van der Waals surface area contributed by atoms with E-state index in [2.05, 4.69) is 24.3 Å². The molecule has 0 saturated carbocycles. The van der Waals surface area contributed by atoms with E-state index in [1.807, 2.05) is 30.8 Å². The predicted octanol–water partition coefficient (Wildman–Crippen LogP) is 1.85. The fraction of sp³-hybridized carbons (Fsp3) is 0.714. The van der Waals surface area contributed by atoms with E-state index in [1.54, 1.807) is 0 Å². The first-order valence-corrected chi connectivity index (χ1v) is 6.95. The molecule has 5 nitrogen and oxygen atoms in total. The van der Waals surface area contributed by atoms with Gasteiger partial charge in [-0.25, -0.2) is 0 Å². The molecule has 0 radical (unpaired) electrons. The lowest BCUT2D eigenvalue weighted by atomic mass is 9.93. The maximum absolute atomic E-state index is 11.2. The van der Waals surface area contributed by atoms with E-state index in [4.69, 9.17) is 5.73 Å². The molecule has 1 heterocycles. The van der Waals surface area contributed by atoms with Crippen molar-refractivity contribution in [2.24, 2.45) is 11.1 Å². The van der Waals surface area contributed by atoms with Gasteiger partial charge < -0.3 is 11.1 Å². The number of rotatable bonds is 8. The Morgan fingerprint density at radius 1 is 1.47 bits per heavy atom. The topological polar surface area (TPSA) is 72.9 Å². The minimum absolute atomic E-state index is 0.289. The third-order valence-electron chi connectivity index (χ3n) is 3.52. The molecule has 0 aliphatic rings. The largest absolute Gasteiger partial charge is 0.369 e. The molecular formula is C14H26N4O. The van der Waals surface area contributed by atoms with Crippen LogP contribution in [0.1, 0.15) is 52.3 Å². The summed E-state index contributed by atoms with van der Waals surface area (Å²) in [7, 11) is 0. The van der Waals surface area contributed by atoms with Crippen molar-refractivity contribution in [3.05, 3.63) is 18.0 Å². The fourth-order valence-electron chi connectivity index (χ4n) is 1.93. The zero-order valence-corrected chi connectivity index (χ0v) is 12.4. The van der Waals surface area contributed by atoms with Crippen LogP contribution in [0.15, 0.2) is 12.3 Å². The Labute approximate surface area is 115 Å². The summed E-state index contributed by atoms with van der Waals surface area (Å²) < 4.78 is 2.02. The second-order valence-corrected chi connectivity index (χ2v) is 5.61. The van der Waals surface area contributed by atoms with Crippen LogP contribution < -0.4 is 11.1 Å². The Bertz CT molecular complexity index is 407. The number of carbonyl (C=O) groups excluding carboxylic acids is 1. The summed E-state index contributed by atoms with van der Waals surface area (Å²) in [5.74, 6) is -0.289.